The standard InChI is InChI=1S/C12H15FO3/c1-8(2)12(14)9(3)15-16-11-6-4-10(13)5-7-11/h4-9H,1-3H3. The Morgan fingerprint density at radius 1 is 1.19 bits per heavy atom. The summed E-state index contributed by atoms with van der Waals surface area (Å²) in [7, 11) is 0. The molecule has 0 saturated heterocycles. The summed E-state index contributed by atoms with van der Waals surface area (Å²) in [6.07, 6.45) is -0.634. The normalized spacial score (nSPS) is 12.6. The highest BCUT2D eigenvalue weighted by Gasteiger charge is 2.18. The Hall–Kier alpha value is -1.42. The molecule has 0 aliphatic rings. The summed E-state index contributed by atoms with van der Waals surface area (Å²) in [5, 5.41) is 0. The van der Waals surface area contributed by atoms with Crippen molar-refractivity contribution in [1.29, 1.82) is 0 Å². The largest absolute Gasteiger partial charge is 0.337 e. The average molecular weight is 226 g/mol. The zero-order valence-corrected chi connectivity index (χ0v) is 9.57. The predicted molar refractivity (Wildman–Crippen MR) is 57.4 cm³/mol. The van der Waals surface area contributed by atoms with Crippen molar-refractivity contribution in [2.24, 2.45) is 5.92 Å². The Morgan fingerprint density at radius 3 is 2.25 bits per heavy atom. The Balaban J connectivity index is 2.45. The van der Waals surface area contributed by atoms with Gasteiger partial charge in [0.1, 0.15) is 5.82 Å². The van der Waals surface area contributed by atoms with E-state index in [1.807, 2.05) is 0 Å². The van der Waals surface area contributed by atoms with Gasteiger partial charge in [-0.05, 0) is 31.2 Å². The lowest BCUT2D eigenvalue weighted by Crippen LogP contribution is -2.26. The van der Waals surface area contributed by atoms with Crippen LogP contribution < -0.4 is 4.89 Å². The molecule has 0 aliphatic carbocycles. The third kappa shape index (κ3) is 3.62. The topological polar surface area (TPSA) is 35.5 Å². The van der Waals surface area contributed by atoms with Crippen LogP contribution in [0.15, 0.2) is 24.3 Å². The SMILES string of the molecule is CC(C)C(=O)C(C)OOc1ccc(F)cc1. The van der Waals surface area contributed by atoms with Gasteiger partial charge in [-0.1, -0.05) is 13.8 Å². The highest BCUT2D eigenvalue weighted by atomic mass is 19.1. The number of rotatable bonds is 5. The fraction of sp³-hybridized carbons (Fsp3) is 0.417. The minimum Gasteiger partial charge on any atom is -0.337 e. The summed E-state index contributed by atoms with van der Waals surface area (Å²) in [6.45, 7) is 5.20. The van der Waals surface area contributed by atoms with Crippen molar-refractivity contribution < 1.29 is 19.0 Å². The van der Waals surface area contributed by atoms with Crippen LogP contribution in [0.25, 0.3) is 0 Å². The lowest BCUT2D eigenvalue weighted by Gasteiger charge is -2.13. The van der Waals surface area contributed by atoms with E-state index < -0.39 is 6.10 Å². The van der Waals surface area contributed by atoms with Gasteiger partial charge in [0.25, 0.3) is 0 Å². The highest BCUT2D eigenvalue weighted by Crippen LogP contribution is 2.13. The van der Waals surface area contributed by atoms with Gasteiger partial charge in [-0.3, -0.25) is 4.79 Å². The molecule has 0 N–H and O–H groups in total. The number of hydrogen-bond acceptors (Lipinski definition) is 3. The van der Waals surface area contributed by atoms with E-state index in [4.69, 9.17) is 9.78 Å². The van der Waals surface area contributed by atoms with Crippen molar-refractivity contribution in [3.8, 4) is 5.75 Å². The third-order valence-electron chi connectivity index (χ3n) is 2.07. The molecule has 16 heavy (non-hydrogen) atoms. The van der Waals surface area contributed by atoms with Crippen molar-refractivity contribution >= 4 is 5.78 Å². The molecule has 4 heteroatoms. The van der Waals surface area contributed by atoms with Crippen LogP contribution >= 0.6 is 0 Å². The summed E-state index contributed by atoms with van der Waals surface area (Å²) in [6, 6.07) is 5.38. The van der Waals surface area contributed by atoms with Crippen LogP contribution in [0, 0.1) is 11.7 Å². The van der Waals surface area contributed by atoms with Crippen LogP contribution in [-0.4, -0.2) is 11.9 Å². The van der Waals surface area contributed by atoms with E-state index in [9.17, 15) is 9.18 Å². The molecule has 1 aromatic carbocycles. The summed E-state index contributed by atoms with van der Waals surface area (Å²) < 4.78 is 12.6. The zero-order valence-electron chi connectivity index (χ0n) is 9.57. The molecule has 1 unspecified atom stereocenters. The molecule has 0 aromatic heterocycles. The predicted octanol–water partition coefficient (Wildman–Crippen LogP) is 2.75. The number of benzene rings is 1. The van der Waals surface area contributed by atoms with Crippen LogP contribution in [-0.2, 0) is 9.68 Å². The summed E-state index contributed by atoms with van der Waals surface area (Å²) >= 11 is 0. The first-order valence-electron chi connectivity index (χ1n) is 5.13. The maximum absolute atomic E-state index is 12.6. The summed E-state index contributed by atoms with van der Waals surface area (Å²) in [5.74, 6) is -0.127. The third-order valence-corrected chi connectivity index (χ3v) is 2.07. The van der Waals surface area contributed by atoms with Gasteiger partial charge < -0.3 is 4.89 Å². The van der Waals surface area contributed by atoms with Crippen molar-refractivity contribution in [1.82, 2.24) is 0 Å². The molecule has 1 aromatic rings. The van der Waals surface area contributed by atoms with Crippen LogP contribution in [0.4, 0.5) is 4.39 Å². The van der Waals surface area contributed by atoms with Gasteiger partial charge in [-0.15, -0.1) is 0 Å². The number of ketones is 1. The van der Waals surface area contributed by atoms with E-state index in [0.29, 0.717) is 5.75 Å². The van der Waals surface area contributed by atoms with Gasteiger partial charge in [-0.2, -0.15) is 4.89 Å². The van der Waals surface area contributed by atoms with Gasteiger partial charge in [0.2, 0.25) is 0 Å². The van der Waals surface area contributed by atoms with E-state index in [2.05, 4.69) is 0 Å². The van der Waals surface area contributed by atoms with E-state index in [-0.39, 0.29) is 17.5 Å². The molecule has 0 aliphatic heterocycles. The second-order valence-electron chi connectivity index (χ2n) is 3.83. The van der Waals surface area contributed by atoms with E-state index in [1.54, 1.807) is 20.8 Å². The molecule has 88 valence electrons. The number of carbonyl (C=O) groups excluding carboxylic acids is 1. The number of halogens is 1. The lowest BCUT2D eigenvalue weighted by molar-refractivity contribution is -0.236. The summed E-state index contributed by atoms with van der Waals surface area (Å²) in [4.78, 5) is 21.3. The molecule has 0 spiro atoms. The molecule has 1 atom stereocenters. The maximum Gasteiger partial charge on any atom is 0.168 e. The van der Waals surface area contributed by atoms with Gasteiger partial charge in [0.05, 0.1) is 0 Å². The Labute approximate surface area is 94.1 Å². The fourth-order valence-electron chi connectivity index (χ4n) is 1.13. The van der Waals surface area contributed by atoms with Crippen LogP contribution in [0.2, 0.25) is 0 Å². The smallest absolute Gasteiger partial charge is 0.168 e. The lowest BCUT2D eigenvalue weighted by atomic mass is 10.1. The molecule has 0 bridgehead atoms. The first-order chi connectivity index (χ1) is 7.50. The first kappa shape index (κ1) is 12.6. The summed E-state index contributed by atoms with van der Waals surface area (Å²) in [5.41, 5.74) is 0. The molecular formula is C12H15FO3. The number of carbonyl (C=O) groups is 1. The fourth-order valence-corrected chi connectivity index (χ4v) is 1.13. The van der Waals surface area contributed by atoms with Gasteiger partial charge in [0, 0.05) is 5.92 Å². The first-order valence-corrected chi connectivity index (χ1v) is 5.13. The molecule has 3 nitrogen and oxygen atoms in total. The zero-order chi connectivity index (χ0) is 12.1. The van der Waals surface area contributed by atoms with Gasteiger partial charge in [-0.25, -0.2) is 4.39 Å². The molecule has 1 rings (SSSR count). The van der Waals surface area contributed by atoms with Crippen LogP contribution in [0.1, 0.15) is 20.8 Å². The Kier molecular flexibility index (Phi) is 4.43. The Morgan fingerprint density at radius 2 is 1.75 bits per heavy atom. The molecule has 0 amide bonds. The van der Waals surface area contributed by atoms with Gasteiger partial charge in [0.15, 0.2) is 17.6 Å². The van der Waals surface area contributed by atoms with Crippen molar-refractivity contribution in [2.45, 2.75) is 26.9 Å². The molecule has 0 fully saturated rings. The number of hydrogen-bond donors (Lipinski definition) is 0. The van der Waals surface area contributed by atoms with Crippen molar-refractivity contribution in [3.63, 3.8) is 0 Å². The monoisotopic (exact) mass is 226 g/mol. The molecule has 0 heterocycles. The maximum atomic E-state index is 12.6. The van der Waals surface area contributed by atoms with Crippen molar-refractivity contribution in [3.05, 3.63) is 30.1 Å². The van der Waals surface area contributed by atoms with E-state index in [1.165, 1.54) is 24.3 Å². The number of Topliss-reactive ketones (excluding diaryl/α,β-unsaturated/α-hetero) is 1. The second-order valence-corrected chi connectivity index (χ2v) is 3.83. The van der Waals surface area contributed by atoms with Crippen LogP contribution in [0.5, 0.6) is 5.75 Å². The second kappa shape index (κ2) is 5.61. The molecule has 0 saturated carbocycles. The van der Waals surface area contributed by atoms with E-state index >= 15 is 0 Å². The molecule has 0 radical (unpaired) electrons. The van der Waals surface area contributed by atoms with Crippen LogP contribution in [0.3, 0.4) is 0 Å². The van der Waals surface area contributed by atoms with E-state index in [0.717, 1.165) is 0 Å². The molecular weight excluding hydrogens is 211 g/mol. The minimum atomic E-state index is -0.634. The quantitative estimate of drug-likeness (QED) is 0.572. The van der Waals surface area contributed by atoms with Crippen molar-refractivity contribution in [2.75, 3.05) is 0 Å². The minimum absolute atomic E-state index is 0.0397. The highest BCUT2D eigenvalue weighted by molar-refractivity contribution is 5.84. The average Bonchev–Trinajstić information content (AvgIpc) is 2.26. The Bertz CT molecular complexity index is 346. The van der Waals surface area contributed by atoms with Gasteiger partial charge >= 0.3 is 0 Å².